The summed E-state index contributed by atoms with van der Waals surface area (Å²) in [6.45, 7) is 2.17. The fraction of sp³-hybridized carbons (Fsp3) is 0.182. The topological polar surface area (TPSA) is 80.6 Å². The average molecular weight is 378 g/mol. The van der Waals surface area contributed by atoms with Gasteiger partial charge >= 0.3 is 5.91 Å². The van der Waals surface area contributed by atoms with Crippen LogP contribution >= 0.6 is 0 Å². The Labute approximate surface area is 163 Å². The molecule has 3 rings (SSSR count). The van der Waals surface area contributed by atoms with Gasteiger partial charge in [0.1, 0.15) is 18.1 Å². The van der Waals surface area contributed by atoms with Gasteiger partial charge in [-0.15, -0.1) is 0 Å². The predicted octanol–water partition coefficient (Wildman–Crippen LogP) is 3.81. The number of ether oxygens (including phenoxy) is 1. The van der Waals surface area contributed by atoms with Crippen LogP contribution in [0.15, 0.2) is 77.2 Å². The number of para-hydroxylation sites is 1. The Bertz CT molecular complexity index is 907. The van der Waals surface area contributed by atoms with E-state index in [4.69, 9.17) is 9.15 Å². The van der Waals surface area contributed by atoms with Crippen molar-refractivity contribution < 1.29 is 18.7 Å². The van der Waals surface area contributed by atoms with Gasteiger partial charge in [-0.05, 0) is 35.7 Å². The van der Waals surface area contributed by atoms with Gasteiger partial charge in [-0.3, -0.25) is 20.4 Å². The molecule has 0 aliphatic rings. The van der Waals surface area contributed by atoms with Gasteiger partial charge in [0.15, 0.2) is 5.76 Å². The molecule has 2 aromatic carbocycles. The van der Waals surface area contributed by atoms with E-state index in [-0.39, 0.29) is 30.6 Å². The van der Waals surface area contributed by atoms with Crippen LogP contribution in [-0.2, 0) is 11.4 Å². The molecule has 2 amide bonds. The summed E-state index contributed by atoms with van der Waals surface area (Å²) in [6.07, 6.45) is 0.263. The second-order valence-electron chi connectivity index (χ2n) is 6.39. The number of hydrogen-bond donors (Lipinski definition) is 2. The number of carbonyl (C=O) groups is 2. The van der Waals surface area contributed by atoms with Gasteiger partial charge in [-0.2, -0.15) is 0 Å². The number of nitrogens with one attached hydrogen (secondary N) is 2. The molecule has 6 nitrogen and oxygen atoms in total. The number of hydrogen-bond acceptors (Lipinski definition) is 4. The summed E-state index contributed by atoms with van der Waals surface area (Å²) >= 11 is 0. The molecule has 0 saturated heterocycles. The number of rotatable bonds is 7. The van der Waals surface area contributed by atoms with Crippen molar-refractivity contribution in [2.75, 3.05) is 0 Å². The van der Waals surface area contributed by atoms with Crippen molar-refractivity contribution in [1.82, 2.24) is 10.9 Å². The zero-order valence-corrected chi connectivity index (χ0v) is 15.6. The number of benzene rings is 2. The van der Waals surface area contributed by atoms with E-state index in [9.17, 15) is 9.59 Å². The van der Waals surface area contributed by atoms with Crippen LogP contribution in [0.5, 0.6) is 5.75 Å². The monoisotopic (exact) mass is 378 g/mol. The number of carbonyl (C=O) groups excluding carboxylic acids is 2. The Morgan fingerprint density at radius 1 is 0.929 bits per heavy atom. The molecule has 3 aromatic rings. The molecule has 0 spiro atoms. The maximum absolute atomic E-state index is 12.1. The zero-order valence-electron chi connectivity index (χ0n) is 15.6. The van der Waals surface area contributed by atoms with Crippen LogP contribution in [0.2, 0.25) is 0 Å². The second-order valence-corrected chi connectivity index (χ2v) is 6.39. The number of hydrazine groups is 1. The summed E-state index contributed by atoms with van der Waals surface area (Å²) in [5.41, 5.74) is 5.86. The Hall–Kier alpha value is -3.54. The molecule has 0 bridgehead atoms. The van der Waals surface area contributed by atoms with Gasteiger partial charge in [0.2, 0.25) is 5.91 Å². The molecule has 1 atom stereocenters. The third kappa shape index (κ3) is 5.48. The van der Waals surface area contributed by atoms with Crippen LogP contribution in [0.4, 0.5) is 0 Å². The number of furan rings is 1. The third-order valence-electron chi connectivity index (χ3n) is 4.19. The molecule has 6 heteroatoms. The third-order valence-corrected chi connectivity index (χ3v) is 4.19. The van der Waals surface area contributed by atoms with Crippen LogP contribution in [-0.4, -0.2) is 11.8 Å². The lowest BCUT2D eigenvalue weighted by Crippen LogP contribution is -2.41. The first-order valence-electron chi connectivity index (χ1n) is 9.02. The highest BCUT2D eigenvalue weighted by molar-refractivity contribution is 5.93. The highest BCUT2D eigenvalue weighted by Crippen LogP contribution is 2.18. The lowest BCUT2D eigenvalue weighted by molar-refractivity contribution is -0.122. The van der Waals surface area contributed by atoms with E-state index >= 15 is 0 Å². The molecule has 144 valence electrons. The lowest BCUT2D eigenvalue weighted by atomic mass is 9.98. The molecule has 0 radical (unpaired) electrons. The summed E-state index contributed by atoms with van der Waals surface area (Å²) in [5, 5.41) is 0. The molecule has 1 heterocycles. The van der Waals surface area contributed by atoms with E-state index in [1.54, 1.807) is 6.07 Å². The highest BCUT2D eigenvalue weighted by Gasteiger charge is 2.15. The van der Waals surface area contributed by atoms with Gasteiger partial charge < -0.3 is 9.15 Å². The fourth-order valence-corrected chi connectivity index (χ4v) is 2.67. The molecule has 0 fully saturated rings. The molecule has 1 unspecified atom stereocenters. The van der Waals surface area contributed by atoms with Crippen molar-refractivity contribution in [3.8, 4) is 5.75 Å². The summed E-state index contributed by atoms with van der Waals surface area (Å²) in [5.74, 6) is 0.574. The molecule has 0 aliphatic heterocycles. The maximum atomic E-state index is 12.1. The molecule has 0 saturated carbocycles. The first-order chi connectivity index (χ1) is 13.6. The van der Waals surface area contributed by atoms with Gasteiger partial charge in [0.05, 0.1) is 0 Å². The first kappa shape index (κ1) is 19.2. The first-order valence-corrected chi connectivity index (χ1v) is 9.02. The molecule has 1 aromatic heterocycles. The summed E-state index contributed by atoms with van der Waals surface area (Å²) < 4.78 is 11.0. The van der Waals surface area contributed by atoms with Gasteiger partial charge in [-0.1, -0.05) is 55.5 Å². The van der Waals surface area contributed by atoms with E-state index in [0.717, 1.165) is 5.56 Å². The summed E-state index contributed by atoms with van der Waals surface area (Å²) in [7, 11) is 0. The molecular formula is C22H22N2O4. The Kier molecular flexibility index (Phi) is 6.46. The maximum Gasteiger partial charge on any atom is 0.305 e. The normalized spacial score (nSPS) is 11.5. The van der Waals surface area contributed by atoms with E-state index in [0.29, 0.717) is 11.5 Å². The predicted molar refractivity (Wildman–Crippen MR) is 105 cm³/mol. The van der Waals surface area contributed by atoms with E-state index in [1.165, 1.54) is 6.07 Å². The van der Waals surface area contributed by atoms with Gasteiger partial charge in [0, 0.05) is 6.42 Å². The largest absolute Gasteiger partial charge is 0.486 e. The quantitative estimate of drug-likeness (QED) is 0.613. The number of amides is 2. The molecular weight excluding hydrogens is 356 g/mol. The summed E-state index contributed by atoms with van der Waals surface area (Å²) in [4.78, 5) is 24.2. The molecule has 28 heavy (non-hydrogen) atoms. The van der Waals surface area contributed by atoms with Crippen molar-refractivity contribution >= 4 is 11.8 Å². The molecule has 2 N–H and O–H groups in total. The highest BCUT2D eigenvalue weighted by atomic mass is 16.5. The van der Waals surface area contributed by atoms with Crippen molar-refractivity contribution in [3.63, 3.8) is 0 Å². The van der Waals surface area contributed by atoms with Crippen LogP contribution in [0.1, 0.15) is 41.1 Å². The second kappa shape index (κ2) is 9.41. The van der Waals surface area contributed by atoms with Crippen LogP contribution < -0.4 is 15.6 Å². The van der Waals surface area contributed by atoms with Crippen molar-refractivity contribution in [3.05, 3.63) is 89.9 Å². The van der Waals surface area contributed by atoms with E-state index in [1.807, 2.05) is 67.6 Å². The van der Waals surface area contributed by atoms with Crippen molar-refractivity contribution in [1.29, 1.82) is 0 Å². The van der Waals surface area contributed by atoms with Crippen molar-refractivity contribution in [2.45, 2.75) is 25.9 Å². The van der Waals surface area contributed by atoms with Crippen LogP contribution in [0, 0.1) is 0 Å². The van der Waals surface area contributed by atoms with Crippen LogP contribution in [0.25, 0.3) is 0 Å². The van der Waals surface area contributed by atoms with E-state index in [2.05, 4.69) is 10.9 Å². The minimum atomic E-state index is -0.522. The lowest BCUT2D eigenvalue weighted by Gasteiger charge is -2.12. The minimum Gasteiger partial charge on any atom is -0.486 e. The minimum absolute atomic E-state index is 0.0449. The van der Waals surface area contributed by atoms with E-state index < -0.39 is 5.91 Å². The Morgan fingerprint density at radius 2 is 1.61 bits per heavy atom. The Balaban J connectivity index is 1.44. The zero-order chi connectivity index (χ0) is 19.8. The summed E-state index contributed by atoms with van der Waals surface area (Å²) in [6, 6.07) is 22.3. The molecule has 0 aliphatic carbocycles. The average Bonchev–Trinajstić information content (AvgIpc) is 3.21. The van der Waals surface area contributed by atoms with Crippen molar-refractivity contribution in [2.24, 2.45) is 0 Å². The smallest absolute Gasteiger partial charge is 0.305 e. The van der Waals surface area contributed by atoms with Gasteiger partial charge in [0.25, 0.3) is 0 Å². The Morgan fingerprint density at radius 3 is 2.32 bits per heavy atom. The van der Waals surface area contributed by atoms with Gasteiger partial charge in [-0.25, -0.2) is 0 Å². The fourth-order valence-electron chi connectivity index (χ4n) is 2.67. The SMILES string of the molecule is CC(CC(=O)NNC(=O)c1ccc(COc2ccccc2)o1)c1ccccc1. The standard InChI is InChI=1S/C22H22N2O4/c1-16(17-8-4-2-5-9-17)14-21(25)23-24-22(26)20-13-12-19(28-20)15-27-18-10-6-3-7-11-18/h2-13,16H,14-15H2,1H3,(H,23,25)(H,24,26). The van der Waals surface area contributed by atoms with Crippen LogP contribution in [0.3, 0.4) is 0 Å².